The first-order chi connectivity index (χ1) is 7.08. The number of carboxylic acid groups (broad SMARTS) is 1. The van der Waals surface area contributed by atoms with Gasteiger partial charge in [-0.25, -0.2) is 0 Å². The third kappa shape index (κ3) is 3.53. The molecule has 0 spiro atoms. The Morgan fingerprint density at radius 2 is 1.87 bits per heavy atom. The Bertz CT molecular complexity index is 241. The lowest BCUT2D eigenvalue weighted by Crippen LogP contribution is -2.25. The normalized spacial score (nSPS) is 18.7. The van der Waals surface area contributed by atoms with E-state index in [0.717, 1.165) is 25.7 Å². The fourth-order valence-electron chi connectivity index (χ4n) is 2.38. The second-order valence-corrected chi connectivity index (χ2v) is 4.26. The molecule has 1 saturated carbocycles. The zero-order valence-electron chi connectivity index (χ0n) is 9.12. The molecule has 1 N–H and O–H groups in total. The topological polar surface area (TPSA) is 63.6 Å². The van der Waals surface area contributed by atoms with Crippen LogP contribution in [-0.4, -0.2) is 23.7 Å². The Hall–Kier alpha value is -1.06. The van der Waals surface area contributed by atoms with Crippen molar-refractivity contribution < 1.29 is 19.4 Å². The molecule has 0 aromatic rings. The first kappa shape index (κ1) is 12.0. The van der Waals surface area contributed by atoms with Crippen molar-refractivity contribution in [3.63, 3.8) is 0 Å². The van der Waals surface area contributed by atoms with E-state index in [4.69, 9.17) is 9.84 Å². The number of carbonyl (C=O) groups excluding carboxylic acids is 1. The molecule has 4 heteroatoms. The third-order valence-corrected chi connectivity index (χ3v) is 3.02. The molecule has 1 aliphatic rings. The molecule has 4 nitrogen and oxygen atoms in total. The van der Waals surface area contributed by atoms with Crippen LogP contribution in [0, 0.1) is 5.41 Å². The molecule has 0 unspecified atom stereocenters. The predicted octanol–water partition coefficient (Wildman–Crippen LogP) is 1.97. The summed E-state index contributed by atoms with van der Waals surface area (Å²) in [5, 5.41) is 8.83. The highest BCUT2D eigenvalue weighted by molar-refractivity contribution is 5.73. The van der Waals surface area contributed by atoms with E-state index in [1.54, 1.807) is 6.92 Å². The summed E-state index contributed by atoms with van der Waals surface area (Å²) in [6.07, 6.45) is 4.05. The summed E-state index contributed by atoms with van der Waals surface area (Å²) in [6.45, 7) is 2.12. The van der Waals surface area contributed by atoms with E-state index >= 15 is 0 Å². The molecule has 86 valence electrons. The SMILES string of the molecule is CCOC(=O)CC1(CC(=O)O)CCCC1. The number of hydrogen-bond acceptors (Lipinski definition) is 3. The van der Waals surface area contributed by atoms with E-state index < -0.39 is 5.97 Å². The standard InChI is InChI=1S/C11H18O4/c1-2-15-10(14)8-11(7-9(12)13)5-3-4-6-11/h2-8H2,1H3,(H,12,13). The fourth-order valence-corrected chi connectivity index (χ4v) is 2.38. The van der Waals surface area contributed by atoms with Crippen LogP contribution in [0.1, 0.15) is 45.4 Å². The molecule has 1 rings (SSSR count). The van der Waals surface area contributed by atoms with Crippen LogP contribution in [0.25, 0.3) is 0 Å². The quantitative estimate of drug-likeness (QED) is 0.711. The zero-order valence-corrected chi connectivity index (χ0v) is 9.12. The lowest BCUT2D eigenvalue weighted by molar-refractivity contribution is -0.147. The number of ether oxygens (including phenoxy) is 1. The highest BCUT2D eigenvalue weighted by atomic mass is 16.5. The van der Waals surface area contributed by atoms with E-state index in [0.29, 0.717) is 6.61 Å². The van der Waals surface area contributed by atoms with Gasteiger partial charge in [0.2, 0.25) is 0 Å². The largest absolute Gasteiger partial charge is 0.481 e. The smallest absolute Gasteiger partial charge is 0.306 e. The van der Waals surface area contributed by atoms with Gasteiger partial charge in [-0.1, -0.05) is 12.8 Å². The van der Waals surface area contributed by atoms with Gasteiger partial charge in [0.15, 0.2) is 0 Å². The van der Waals surface area contributed by atoms with Crippen molar-refractivity contribution >= 4 is 11.9 Å². The Kier molecular flexibility index (Phi) is 4.12. The Morgan fingerprint density at radius 1 is 1.27 bits per heavy atom. The summed E-state index contributed by atoms with van der Waals surface area (Å²) < 4.78 is 4.88. The maximum atomic E-state index is 11.4. The lowest BCUT2D eigenvalue weighted by atomic mass is 9.79. The van der Waals surface area contributed by atoms with Crippen LogP contribution in [0.4, 0.5) is 0 Å². The van der Waals surface area contributed by atoms with Crippen LogP contribution in [0.5, 0.6) is 0 Å². The zero-order chi connectivity index (χ0) is 11.3. The molecular formula is C11H18O4. The maximum absolute atomic E-state index is 11.4. The van der Waals surface area contributed by atoms with Crippen LogP contribution in [0.3, 0.4) is 0 Å². The van der Waals surface area contributed by atoms with Gasteiger partial charge in [0.1, 0.15) is 0 Å². The van der Waals surface area contributed by atoms with Gasteiger partial charge in [-0.05, 0) is 25.2 Å². The van der Waals surface area contributed by atoms with Gasteiger partial charge in [-0.3, -0.25) is 9.59 Å². The fraction of sp³-hybridized carbons (Fsp3) is 0.818. The van der Waals surface area contributed by atoms with Crippen molar-refractivity contribution in [2.24, 2.45) is 5.41 Å². The number of hydrogen-bond donors (Lipinski definition) is 1. The molecule has 1 fully saturated rings. The molecule has 15 heavy (non-hydrogen) atoms. The van der Waals surface area contributed by atoms with Crippen molar-refractivity contribution in [3.8, 4) is 0 Å². The minimum Gasteiger partial charge on any atom is -0.481 e. The molecule has 1 aliphatic carbocycles. The second kappa shape index (κ2) is 5.14. The molecule has 0 aromatic heterocycles. The predicted molar refractivity (Wildman–Crippen MR) is 54.4 cm³/mol. The minimum atomic E-state index is -0.818. The van der Waals surface area contributed by atoms with E-state index in [2.05, 4.69) is 0 Å². The number of carbonyl (C=O) groups is 2. The monoisotopic (exact) mass is 214 g/mol. The molecular weight excluding hydrogens is 196 g/mol. The molecule has 0 radical (unpaired) electrons. The molecule has 0 heterocycles. The summed E-state index contributed by atoms with van der Waals surface area (Å²) >= 11 is 0. The van der Waals surface area contributed by atoms with Gasteiger partial charge < -0.3 is 9.84 Å². The lowest BCUT2D eigenvalue weighted by Gasteiger charge is -2.25. The van der Waals surface area contributed by atoms with Crippen LogP contribution in [0.2, 0.25) is 0 Å². The maximum Gasteiger partial charge on any atom is 0.306 e. The Labute approximate surface area is 89.6 Å². The average Bonchev–Trinajstić information content (AvgIpc) is 2.51. The van der Waals surface area contributed by atoms with Crippen LogP contribution < -0.4 is 0 Å². The van der Waals surface area contributed by atoms with E-state index in [1.807, 2.05) is 0 Å². The molecule has 0 saturated heterocycles. The van der Waals surface area contributed by atoms with E-state index in [9.17, 15) is 9.59 Å². The molecule has 0 bridgehead atoms. The van der Waals surface area contributed by atoms with Crippen LogP contribution >= 0.6 is 0 Å². The molecule has 0 aromatic carbocycles. The van der Waals surface area contributed by atoms with Crippen LogP contribution in [0.15, 0.2) is 0 Å². The van der Waals surface area contributed by atoms with Gasteiger partial charge in [0.25, 0.3) is 0 Å². The number of esters is 1. The summed E-state index contributed by atoms with van der Waals surface area (Å²) in [5.74, 6) is -1.08. The molecule has 0 aliphatic heterocycles. The van der Waals surface area contributed by atoms with Gasteiger partial charge >= 0.3 is 11.9 Å². The number of aliphatic carboxylic acids is 1. The van der Waals surface area contributed by atoms with Crippen molar-refractivity contribution in [1.29, 1.82) is 0 Å². The van der Waals surface area contributed by atoms with Gasteiger partial charge in [-0.2, -0.15) is 0 Å². The highest BCUT2D eigenvalue weighted by Crippen LogP contribution is 2.44. The van der Waals surface area contributed by atoms with E-state index in [1.165, 1.54) is 0 Å². The highest BCUT2D eigenvalue weighted by Gasteiger charge is 2.38. The second-order valence-electron chi connectivity index (χ2n) is 4.26. The van der Waals surface area contributed by atoms with Crippen LogP contribution in [-0.2, 0) is 14.3 Å². The third-order valence-electron chi connectivity index (χ3n) is 3.02. The summed E-state index contributed by atoms with van der Waals surface area (Å²) in [5.41, 5.74) is -0.335. The Morgan fingerprint density at radius 3 is 2.33 bits per heavy atom. The Balaban J connectivity index is 2.56. The van der Waals surface area contributed by atoms with Gasteiger partial charge in [-0.15, -0.1) is 0 Å². The van der Waals surface area contributed by atoms with Gasteiger partial charge in [0, 0.05) is 0 Å². The first-order valence-corrected chi connectivity index (χ1v) is 5.45. The minimum absolute atomic E-state index is 0.0891. The van der Waals surface area contributed by atoms with Crippen molar-refractivity contribution in [2.75, 3.05) is 6.61 Å². The summed E-state index contributed by atoms with van der Waals surface area (Å²) in [6, 6.07) is 0. The summed E-state index contributed by atoms with van der Waals surface area (Å²) in [4.78, 5) is 22.1. The summed E-state index contributed by atoms with van der Waals surface area (Å²) in [7, 11) is 0. The average molecular weight is 214 g/mol. The van der Waals surface area contributed by atoms with Crippen molar-refractivity contribution in [2.45, 2.75) is 45.4 Å². The first-order valence-electron chi connectivity index (χ1n) is 5.45. The van der Waals surface area contributed by atoms with Crippen molar-refractivity contribution in [3.05, 3.63) is 0 Å². The van der Waals surface area contributed by atoms with Gasteiger partial charge in [0.05, 0.1) is 19.4 Å². The van der Waals surface area contributed by atoms with Crippen molar-refractivity contribution in [1.82, 2.24) is 0 Å². The number of carboxylic acids is 1. The molecule has 0 atom stereocenters. The van der Waals surface area contributed by atoms with E-state index in [-0.39, 0.29) is 24.2 Å². The molecule has 0 amide bonds. The number of rotatable bonds is 5.